The van der Waals surface area contributed by atoms with Crippen molar-refractivity contribution in [3.8, 4) is 11.3 Å². The van der Waals surface area contributed by atoms with Gasteiger partial charge in [-0.15, -0.1) is 11.3 Å². The fraction of sp³-hybridized carbons (Fsp3) is 0.240. The predicted molar refractivity (Wildman–Crippen MR) is 134 cm³/mol. The third-order valence-electron chi connectivity index (χ3n) is 5.57. The average molecular weight is 494 g/mol. The van der Waals surface area contributed by atoms with Gasteiger partial charge in [0.05, 0.1) is 31.0 Å². The second kappa shape index (κ2) is 10.5. The first-order valence-corrected chi connectivity index (χ1v) is 12.3. The fourth-order valence-electron chi connectivity index (χ4n) is 3.85. The van der Waals surface area contributed by atoms with Crippen molar-refractivity contribution in [1.82, 2.24) is 19.7 Å². The molecule has 1 saturated heterocycles. The molecule has 0 bridgehead atoms. The Morgan fingerprint density at radius 1 is 1.06 bits per heavy atom. The first-order chi connectivity index (χ1) is 16.6. The van der Waals surface area contributed by atoms with Crippen LogP contribution in [0.5, 0.6) is 0 Å². The first kappa shape index (κ1) is 22.7. The van der Waals surface area contributed by atoms with Crippen LogP contribution in [-0.2, 0) is 17.8 Å². The molecule has 7 nitrogen and oxygen atoms in total. The fourth-order valence-corrected chi connectivity index (χ4v) is 4.67. The Hall–Kier alpha value is -3.04. The number of anilines is 1. The largest absolute Gasteiger partial charge is 0.379 e. The normalized spacial score (nSPS) is 14.3. The topological polar surface area (TPSA) is 72.3 Å². The Morgan fingerprint density at radius 2 is 1.82 bits per heavy atom. The lowest BCUT2D eigenvalue weighted by Crippen LogP contribution is -2.35. The van der Waals surface area contributed by atoms with Gasteiger partial charge in [0.15, 0.2) is 5.13 Å². The van der Waals surface area contributed by atoms with Crippen LogP contribution in [0.2, 0.25) is 5.02 Å². The highest BCUT2D eigenvalue weighted by atomic mass is 35.5. The van der Waals surface area contributed by atoms with E-state index < -0.39 is 0 Å². The van der Waals surface area contributed by atoms with Gasteiger partial charge in [-0.25, -0.2) is 4.98 Å². The van der Waals surface area contributed by atoms with Gasteiger partial charge in [-0.05, 0) is 17.7 Å². The molecule has 34 heavy (non-hydrogen) atoms. The molecule has 174 valence electrons. The highest BCUT2D eigenvalue weighted by Crippen LogP contribution is 2.26. The molecule has 1 amide bonds. The van der Waals surface area contributed by atoms with Crippen LogP contribution in [0, 0.1) is 0 Å². The molecular formula is C25H24ClN5O2S. The number of hydrogen-bond donors (Lipinski definition) is 1. The SMILES string of the molecule is O=C(Nc1nc(CN2CCOCC2)cs1)c1cn(Cc2ccccc2)nc1-c1ccc(Cl)cc1. The highest BCUT2D eigenvalue weighted by Gasteiger charge is 2.20. The number of carbonyl (C=O) groups excluding carboxylic acids is 1. The second-order valence-corrected chi connectivity index (χ2v) is 9.36. The molecule has 3 heterocycles. The summed E-state index contributed by atoms with van der Waals surface area (Å²) in [5.41, 5.74) is 3.97. The molecule has 1 fully saturated rings. The van der Waals surface area contributed by atoms with Crippen molar-refractivity contribution in [3.63, 3.8) is 0 Å². The predicted octanol–water partition coefficient (Wildman–Crippen LogP) is 4.79. The maximum Gasteiger partial charge on any atom is 0.261 e. The molecule has 5 rings (SSSR count). The molecular weight excluding hydrogens is 470 g/mol. The van der Waals surface area contributed by atoms with Crippen LogP contribution < -0.4 is 5.32 Å². The standard InChI is InChI=1S/C25H24ClN5O2S/c26-20-8-6-19(7-9-20)23-22(16-31(29-23)14-18-4-2-1-3-5-18)24(32)28-25-27-21(17-34-25)15-30-10-12-33-13-11-30/h1-9,16-17H,10-15H2,(H,27,28,32). The quantitative estimate of drug-likeness (QED) is 0.400. The summed E-state index contributed by atoms with van der Waals surface area (Å²) in [5.74, 6) is -0.239. The maximum atomic E-state index is 13.3. The number of ether oxygens (including phenoxy) is 1. The van der Waals surface area contributed by atoms with E-state index in [1.54, 1.807) is 23.0 Å². The van der Waals surface area contributed by atoms with Gasteiger partial charge in [-0.1, -0.05) is 54.1 Å². The van der Waals surface area contributed by atoms with E-state index in [1.165, 1.54) is 11.3 Å². The van der Waals surface area contributed by atoms with E-state index in [0.29, 0.717) is 28.0 Å². The summed E-state index contributed by atoms with van der Waals surface area (Å²) in [6.07, 6.45) is 1.79. The molecule has 0 aliphatic carbocycles. The number of halogens is 1. The lowest BCUT2D eigenvalue weighted by Gasteiger charge is -2.25. The Morgan fingerprint density at radius 3 is 2.59 bits per heavy atom. The molecule has 1 N–H and O–H groups in total. The van der Waals surface area contributed by atoms with Crippen molar-refractivity contribution >= 4 is 34.0 Å². The molecule has 0 atom stereocenters. The van der Waals surface area contributed by atoms with E-state index in [0.717, 1.165) is 49.7 Å². The van der Waals surface area contributed by atoms with Crippen LogP contribution in [0.25, 0.3) is 11.3 Å². The van der Waals surface area contributed by atoms with E-state index >= 15 is 0 Å². The lowest BCUT2D eigenvalue weighted by atomic mass is 10.1. The van der Waals surface area contributed by atoms with Gasteiger partial charge >= 0.3 is 0 Å². The smallest absolute Gasteiger partial charge is 0.261 e. The number of thiazole rings is 1. The Kier molecular flexibility index (Phi) is 7.01. The molecule has 0 saturated carbocycles. The third-order valence-corrected chi connectivity index (χ3v) is 6.63. The highest BCUT2D eigenvalue weighted by molar-refractivity contribution is 7.14. The summed E-state index contributed by atoms with van der Waals surface area (Å²) in [4.78, 5) is 20.2. The number of hydrogen-bond acceptors (Lipinski definition) is 6. The molecule has 2 aromatic heterocycles. The number of rotatable bonds is 7. The Bertz CT molecular complexity index is 1250. The molecule has 2 aromatic carbocycles. The molecule has 0 spiro atoms. The Labute approximate surface area is 207 Å². The van der Waals surface area contributed by atoms with Gasteiger partial charge in [0.25, 0.3) is 5.91 Å². The summed E-state index contributed by atoms with van der Waals surface area (Å²) in [5, 5.41) is 10.9. The minimum atomic E-state index is -0.239. The van der Waals surface area contributed by atoms with Gasteiger partial charge in [-0.2, -0.15) is 5.10 Å². The van der Waals surface area contributed by atoms with Crippen LogP contribution in [0.3, 0.4) is 0 Å². The summed E-state index contributed by atoms with van der Waals surface area (Å²) >= 11 is 7.50. The van der Waals surface area contributed by atoms with Crippen molar-refractivity contribution in [2.45, 2.75) is 13.1 Å². The number of amides is 1. The van der Waals surface area contributed by atoms with Crippen LogP contribution in [-0.4, -0.2) is 51.9 Å². The molecule has 1 aliphatic heterocycles. The van der Waals surface area contributed by atoms with Crippen molar-refractivity contribution in [2.24, 2.45) is 0 Å². The summed E-state index contributed by atoms with van der Waals surface area (Å²) < 4.78 is 7.20. The number of nitrogens with zero attached hydrogens (tertiary/aromatic N) is 4. The van der Waals surface area contributed by atoms with Crippen molar-refractivity contribution in [2.75, 3.05) is 31.6 Å². The summed E-state index contributed by atoms with van der Waals surface area (Å²) in [7, 11) is 0. The number of aromatic nitrogens is 3. The van der Waals surface area contributed by atoms with Gasteiger partial charge < -0.3 is 4.74 Å². The van der Waals surface area contributed by atoms with E-state index in [4.69, 9.17) is 21.4 Å². The number of nitrogens with one attached hydrogen (secondary N) is 1. The zero-order chi connectivity index (χ0) is 23.3. The maximum absolute atomic E-state index is 13.3. The van der Waals surface area contributed by atoms with Crippen molar-refractivity contribution in [3.05, 3.63) is 88.0 Å². The van der Waals surface area contributed by atoms with Gasteiger partial charge in [-0.3, -0.25) is 19.7 Å². The molecule has 9 heteroatoms. The van der Waals surface area contributed by atoms with E-state index in [9.17, 15) is 4.79 Å². The van der Waals surface area contributed by atoms with E-state index in [-0.39, 0.29) is 5.91 Å². The average Bonchev–Trinajstić information content (AvgIpc) is 3.48. The monoisotopic (exact) mass is 493 g/mol. The third kappa shape index (κ3) is 5.53. The number of benzene rings is 2. The van der Waals surface area contributed by atoms with Crippen LogP contribution in [0.15, 0.2) is 66.2 Å². The zero-order valence-electron chi connectivity index (χ0n) is 18.5. The summed E-state index contributed by atoms with van der Waals surface area (Å²) in [6, 6.07) is 17.4. The first-order valence-electron chi connectivity index (χ1n) is 11.1. The lowest BCUT2D eigenvalue weighted by molar-refractivity contribution is 0.0337. The van der Waals surface area contributed by atoms with Gasteiger partial charge in [0.2, 0.25) is 0 Å². The minimum absolute atomic E-state index is 0.239. The number of carbonyl (C=O) groups is 1. The zero-order valence-corrected chi connectivity index (χ0v) is 20.1. The Balaban J connectivity index is 1.36. The molecule has 0 radical (unpaired) electrons. The van der Waals surface area contributed by atoms with E-state index in [1.807, 2.05) is 47.8 Å². The van der Waals surface area contributed by atoms with Crippen molar-refractivity contribution < 1.29 is 9.53 Å². The molecule has 0 unspecified atom stereocenters. The van der Waals surface area contributed by atoms with Crippen molar-refractivity contribution in [1.29, 1.82) is 0 Å². The summed E-state index contributed by atoms with van der Waals surface area (Å²) in [6.45, 7) is 4.59. The number of morpholine rings is 1. The van der Waals surface area contributed by atoms with Gasteiger partial charge in [0.1, 0.15) is 5.69 Å². The molecule has 1 aliphatic rings. The van der Waals surface area contributed by atoms with Crippen LogP contribution >= 0.6 is 22.9 Å². The van der Waals surface area contributed by atoms with Crippen LogP contribution in [0.4, 0.5) is 5.13 Å². The molecule has 4 aromatic rings. The van der Waals surface area contributed by atoms with E-state index in [2.05, 4.69) is 15.2 Å². The van der Waals surface area contributed by atoms with Gasteiger partial charge in [0, 0.05) is 41.8 Å². The second-order valence-electron chi connectivity index (χ2n) is 8.07. The van der Waals surface area contributed by atoms with Crippen LogP contribution in [0.1, 0.15) is 21.6 Å². The minimum Gasteiger partial charge on any atom is -0.379 e.